The number of hydrogen-bond acceptors (Lipinski definition) is 2. The highest BCUT2D eigenvalue weighted by Gasteiger charge is 2.11. The molecule has 3 N–H and O–H groups in total. The summed E-state index contributed by atoms with van der Waals surface area (Å²) in [6, 6.07) is 0.0607. The van der Waals surface area contributed by atoms with Crippen LogP contribution in [0.25, 0.3) is 0 Å². The molecule has 1 heterocycles. The first-order valence-electron chi connectivity index (χ1n) is 5.06. The molecule has 0 aliphatic heterocycles. The Hall–Kier alpha value is -0.830. The van der Waals surface area contributed by atoms with Crippen LogP contribution in [0.5, 0.6) is 0 Å². The van der Waals surface area contributed by atoms with E-state index in [0.717, 1.165) is 25.1 Å². The summed E-state index contributed by atoms with van der Waals surface area (Å²) in [6.07, 6.45) is 2.92. The molecule has 0 aliphatic rings. The predicted molar refractivity (Wildman–Crippen MR) is 54.6 cm³/mol. The lowest BCUT2D eigenvalue weighted by molar-refractivity contribution is 0.655. The Morgan fingerprint density at radius 2 is 2.00 bits per heavy atom. The molecule has 0 fully saturated rings. The minimum atomic E-state index is 0.0607. The van der Waals surface area contributed by atoms with Crippen LogP contribution in [0, 0.1) is 0 Å². The molecule has 0 radical (unpaired) electrons. The van der Waals surface area contributed by atoms with Gasteiger partial charge in [-0.3, -0.25) is 0 Å². The van der Waals surface area contributed by atoms with Crippen molar-refractivity contribution in [3.8, 4) is 0 Å². The fourth-order valence-corrected chi connectivity index (χ4v) is 1.42. The Balaban J connectivity index is 2.92. The minimum Gasteiger partial charge on any atom is -0.344 e. The van der Waals surface area contributed by atoms with Crippen molar-refractivity contribution < 1.29 is 0 Å². The third-order valence-corrected chi connectivity index (χ3v) is 2.36. The Labute approximate surface area is 79.8 Å². The molecule has 1 aromatic rings. The van der Waals surface area contributed by atoms with Gasteiger partial charge in [0.15, 0.2) is 0 Å². The highest BCUT2D eigenvalue weighted by atomic mass is 15.0. The van der Waals surface area contributed by atoms with E-state index < -0.39 is 0 Å². The lowest BCUT2D eigenvalue weighted by Crippen LogP contribution is -2.10. The van der Waals surface area contributed by atoms with Gasteiger partial charge in [-0.05, 0) is 19.3 Å². The fourth-order valence-electron chi connectivity index (χ4n) is 1.42. The zero-order valence-electron chi connectivity index (χ0n) is 8.72. The van der Waals surface area contributed by atoms with Gasteiger partial charge in [0.05, 0.1) is 11.7 Å². The van der Waals surface area contributed by atoms with Crippen molar-refractivity contribution in [2.45, 2.75) is 46.1 Å². The molecule has 0 aliphatic carbocycles. The van der Waals surface area contributed by atoms with Crippen molar-refractivity contribution in [2.75, 3.05) is 0 Å². The number of aromatic nitrogens is 2. The van der Waals surface area contributed by atoms with Gasteiger partial charge in [0, 0.05) is 5.69 Å². The maximum atomic E-state index is 5.89. The van der Waals surface area contributed by atoms with Crippen molar-refractivity contribution in [1.82, 2.24) is 9.97 Å². The van der Waals surface area contributed by atoms with E-state index in [1.807, 2.05) is 0 Å². The van der Waals surface area contributed by atoms with Gasteiger partial charge in [-0.1, -0.05) is 20.8 Å². The molecule has 0 unspecified atom stereocenters. The van der Waals surface area contributed by atoms with Gasteiger partial charge in [0.1, 0.15) is 5.82 Å². The van der Waals surface area contributed by atoms with Crippen LogP contribution in [-0.4, -0.2) is 9.97 Å². The molecular formula is C10H19N3. The summed E-state index contributed by atoms with van der Waals surface area (Å²) in [5.74, 6) is 0.941. The number of aryl methyl sites for hydroxylation is 2. The van der Waals surface area contributed by atoms with Gasteiger partial charge >= 0.3 is 0 Å². The number of nitrogens with two attached hydrogens (primary N) is 1. The second-order valence-corrected chi connectivity index (χ2v) is 3.27. The predicted octanol–water partition coefficient (Wildman–Crippen LogP) is 1.94. The topological polar surface area (TPSA) is 54.7 Å². The first-order valence-corrected chi connectivity index (χ1v) is 5.06. The molecule has 0 aromatic carbocycles. The molecule has 1 aromatic heterocycles. The maximum absolute atomic E-state index is 5.89. The number of H-pyrrole nitrogens is 1. The summed E-state index contributed by atoms with van der Waals surface area (Å²) in [5.41, 5.74) is 8.30. The Bertz CT molecular complexity index is 244. The van der Waals surface area contributed by atoms with Gasteiger partial charge in [-0.25, -0.2) is 4.98 Å². The normalized spacial score (nSPS) is 13.2. The molecule has 0 saturated heterocycles. The third kappa shape index (κ3) is 2.10. The molecule has 1 rings (SSSR count). The van der Waals surface area contributed by atoms with Crippen LogP contribution in [0.4, 0.5) is 0 Å². The smallest absolute Gasteiger partial charge is 0.123 e. The van der Waals surface area contributed by atoms with Crippen LogP contribution in [0.2, 0.25) is 0 Å². The molecule has 0 bridgehead atoms. The average molecular weight is 181 g/mol. The van der Waals surface area contributed by atoms with E-state index in [0.29, 0.717) is 0 Å². The van der Waals surface area contributed by atoms with Crippen molar-refractivity contribution in [3.63, 3.8) is 0 Å². The monoisotopic (exact) mass is 181 g/mol. The van der Waals surface area contributed by atoms with Crippen molar-refractivity contribution >= 4 is 0 Å². The van der Waals surface area contributed by atoms with E-state index in [1.165, 1.54) is 11.4 Å². The van der Waals surface area contributed by atoms with E-state index >= 15 is 0 Å². The van der Waals surface area contributed by atoms with Crippen LogP contribution in [0.1, 0.15) is 50.4 Å². The quantitative estimate of drug-likeness (QED) is 0.746. The standard InChI is InChI=1S/C10H19N3/c1-4-7(11)10-12-8(5-2)9(6-3)13-10/h7H,4-6,11H2,1-3H3,(H,12,13)/t7-/m0/s1. The summed E-state index contributed by atoms with van der Waals surface area (Å²) in [4.78, 5) is 7.79. The minimum absolute atomic E-state index is 0.0607. The summed E-state index contributed by atoms with van der Waals surface area (Å²) >= 11 is 0. The summed E-state index contributed by atoms with van der Waals surface area (Å²) < 4.78 is 0. The van der Waals surface area contributed by atoms with Crippen molar-refractivity contribution in [2.24, 2.45) is 5.73 Å². The fraction of sp³-hybridized carbons (Fsp3) is 0.700. The molecule has 3 nitrogen and oxygen atoms in total. The number of rotatable bonds is 4. The van der Waals surface area contributed by atoms with E-state index in [9.17, 15) is 0 Å². The van der Waals surface area contributed by atoms with Crippen molar-refractivity contribution in [1.29, 1.82) is 0 Å². The van der Waals surface area contributed by atoms with Crippen LogP contribution in [0.3, 0.4) is 0 Å². The molecule has 13 heavy (non-hydrogen) atoms. The third-order valence-electron chi connectivity index (χ3n) is 2.36. The van der Waals surface area contributed by atoms with Gasteiger partial charge in [-0.15, -0.1) is 0 Å². The highest BCUT2D eigenvalue weighted by molar-refractivity contribution is 5.16. The number of nitrogens with zero attached hydrogens (tertiary/aromatic N) is 1. The van der Waals surface area contributed by atoms with Crippen molar-refractivity contribution in [3.05, 3.63) is 17.2 Å². The van der Waals surface area contributed by atoms with Gasteiger partial charge < -0.3 is 10.7 Å². The first kappa shape index (κ1) is 10.3. The number of nitrogens with one attached hydrogen (secondary N) is 1. The van der Waals surface area contributed by atoms with Gasteiger partial charge in [-0.2, -0.15) is 0 Å². The number of imidazole rings is 1. The molecule has 74 valence electrons. The van der Waals surface area contributed by atoms with Crippen LogP contribution in [-0.2, 0) is 12.8 Å². The second kappa shape index (κ2) is 4.42. The van der Waals surface area contributed by atoms with Crippen LogP contribution >= 0.6 is 0 Å². The lowest BCUT2D eigenvalue weighted by atomic mass is 10.2. The maximum Gasteiger partial charge on any atom is 0.123 e. The largest absolute Gasteiger partial charge is 0.344 e. The van der Waals surface area contributed by atoms with Crippen LogP contribution in [0.15, 0.2) is 0 Å². The van der Waals surface area contributed by atoms with E-state index in [4.69, 9.17) is 5.73 Å². The first-order chi connectivity index (χ1) is 6.22. The van der Waals surface area contributed by atoms with E-state index in [2.05, 4.69) is 30.7 Å². The second-order valence-electron chi connectivity index (χ2n) is 3.27. The molecule has 1 atom stereocenters. The Morgan fingerprint density at radius 1 is 1.31 bits per heavy atom. The Kier molecular flexibility index (Phi) is 3.48. The van der Waals surface area contributed by atoms with Gasteiger partial charge in [0.25, 0.3) is 0 Å². The number of aromatic amines is 1. The molecule has 0 saturated carbocycles. The lowest BCUT2D eigenvalue weighted by Gasteiger charge is -2.02. The number of hydrogen-bond donors (Lipinski definition) is 2. The molecular weight excluding hydrogens is 162 g/mol. The highest BCUT2D eigenvalue weighted by Crippen LogP contribution is 2.14. The summed E-state index contributed by atoms with van der Waals surface area (Å²) in [5, 5.41) is 0. The zero-order chi connectivity index (χ0) is 9.84. The van der Waals surface area contributed by atoms with Gasteiger partial charge in [0.2, 0.25) is 0 Å². The Morgan fingerprint density at radius 3 is 2.38 bits per heavy atom. The van der Waals surface area contributed by atoms with E-state index in [1.54, 1.807) is 0 Å². The average Bonchev–Trinajstić information content (AvgIpc) is 2.59. The summed E-state index contributed by atoms with van der Waals surface area (Å²) in [7, 11) is 0. The molecule has 0 spiro atoms. The van der Waals surface area contributed by atoms with Crippen LogP contribution < -0.4 is 5.73 Å². The molecule has 3 heteroatoms. The zero-order valence-corrected chi connectivity index (χ0v) is 8.72. The molecule has 0 amide bonds. The SMILES string of the molecule is CCc1nc([C@@H](N)CC)[nH]c1CC. The van der Waals surface area contributed by atoms with E-state index in [-0.39, 0.29) is 6.04 Å². The summed E-state index contributed by atoms with van der Waals surface area (Å²) in [6.45, 7) is 6.33.